The fourth-order valence-corrected chi connectivity index (χ4v) is 5.58. The van der Waals surface area contributed by atoms with E-state index in [9.17, 15) is 19.2 Å². The van der Waals surface area contributed by atoms with E-state index < -0.39 is 5.97 Å². The lowest BCUT2D eigenvalue weighted by molar-refractivity contribution is -0.148. The first-order valence-corrected chi connectivity index (χ1v) is 20.8. The van der Waals surface area contributed by atoms with Crippen molar-refractivity contribution in [1.82, 2.24) is 4.90 Å². The van der Waals surface area contributed by atoms with Gasteiger partial charge in [0, 0.05) is 19.3 Å². The molecule has 1 amide bonds. The van der Waals surface area contributed by atoms with Gasteiger partial charge in [-0.2, -0.15) is 0 Å². The number of rotatable bonds is 37. The summed E-state index contributed by atoms with van der Waals surface area (Å²) in [4.78, 5) is 49.5. The van der Waals surface area contributed by atoms with Crippen LogP contribution < -0.4 is 0 Å². The van der Waals surface area contributed by atoms with Gasteiger partial charge in [0.05, 0.1) is 19.5 Å². The molecule has 8 nitrogen and oxygen atoms in total. The van der Waals surface area contributed by atoms with Crippen molar-refractivity contribution >= 4 is 23.8 Å². The zero-order valence-electron chi connectivity index (χ0n) is 33.2. The van der Waals surface area contributed by atoms with Gasteiger partial charge in [0.1, 0.15) is 13.2 Å². The number of unbranched alkanes of at least 4 members (excludes halogenated alkanes) is 16. The number of amides is 1. The number of esters is 2. The number of carboxylic acid groups (broad SMARTS) is 1. The maximum atomic E-state index is 12.6. The number of ether oxygens (including phenoxy) is 2. The number of carbonyl (C=O) groups excluding carboxylic acids is 3. The van der Waals surface area contributed by atoms with E-state index in [0.717, 1.165) is 89.9 Å². The van der Waals surface area contributed by atoms with E-state index in [1.165, 1.54) is 56.3 Å². The van der Waals surface area contributed by atoms with Crippen molar-refractivity contribution in [2.75, 3.05) is 26.3 Å². The summed E-state index contributed by atoms with van der Waals surface area (Å²) in [6.45, 7) is 4.77. The Balaban J connectivity index is 4.05. The quantitative estimate of drug-likeness (QED) is 0.0385. The van der Waals surface area contributed by atoms with Gasteiger partial charge in [0.25, 0.3) is 0 Å². The van der Waals surface area contributed by atoms with Crippen LogP contribution in [-0.2, 0) is 28.7 Å². The minimum Gasteiger partial charge on any atom is -0.481 e. The number of nitrogens with zero attached hydrogens (tertiary/aromatic N) is 1. The third-order valence-electron chi connectivity index (χ3n) is 8.82. The summed E-state index contributed by atoms with van der Waals surface area (Å²) >= 11 is 0. The Morgan fingerprint density at radius 2 is 0.827 bits per heavy atom. The van der Waals surface area contributed by atoms with Crippen molar-refractivity contribution in [3.05, 3.63) is 48.6 Å². The summed E-state index contributed by atoms with van der Waals surface area (Å²) in [5.74, 6) is -2.02. The molecule has 1 N–H and O–H groups in total. The summed E-state index contributed by atoms with van der Waals surface area (Å²) in [6.07, 6.45) is 42.7. The van der Waals surface area contributed by atoms with E-state index in [-0.39, 0.29) is 57.0 Å². The topological polar surface area (TPSA) is 110 Å². The molecular weight excluding hydrogens is 654 g/mol. The molecule has 0 bridgehead atoms. The molecule has 0 aromatic carbocycles. The van der Waals surface area contributed by atoms with Crippen LogP contribution >= 0.6 is 0 Å². The van der Waals surface area contributed by atoms with Crippen molar-refractivity contribution in [3.63, 3.8) is 0 Å². The summed E-state index contributed by atoms with van der Waals surface area (Å²) in [5.41, 5.74) is 0. The van der Waals surface area contributed by atoms with Gasteiger partial charge in [0.2, 0.25) is 5.91 Å². The zero-order valence-corrected chi connectivity index (χ0v) is 33.2. The molecule has 0 aromatic rings. The fraction of sp³-hybridized carbons (Fsp3) is 0.727. The third-order valence-corrected chi connectivity index (χ3v) is 8.82. The zero-order chi connectivity index (χ0) is 38.2. The van der Waals surface area contributed by atoms with Gasteiger partial charge >= 0.3 is 17.9 Å². The highest BCUT2D eigenvalue weighted by Gasteiger charge is 2.16. The van der Waals surface area contributed by atoms with E-state index in [2.05, 4.69) is 62.5 Å². The largest absolute Gasteiger partial charge is 0.481 e. The van der Waals surface area contributed by atoms with Crippen LogP contribution in [0.4, 0.5) is 0 Å². The van der Waals surface area contributed by atoms with Crippen LogP contribution in [0.25, 0.3) is 0 Å². The third kappa shape index (κ3) is 36.6. The van der Waals surface area contributed by atoms with Crippen LogP contribution in [0.15, 0.2) is 48.6 Å². The Bertz CT molecular complexity index is 937. The molecule has 0 unspecified atom stereocenters. The van der Waals surface area contributed by atoms with Gasteiger partial charge in [-0.05, 0) is 77.0 Å². The first kappa shape index (κ1) is 48.8. The molecule has 0 rings (SSSR count). The Labute approximate surface area is 317 Å². The number of carboxylic acids is 1. The molecule has 0 aromatic heterocycles. The normalized spacial score (nSPS) is 11.7. The molecule has 298 valence electrons. The second kappa shape index (κ2) is 39.1. The van der Waals surface area contributed by atoms with Gasteiger partial charge < -0.3 is 19.5 Å². The lowest BCUT2D eigenvalue weighted by Gasteiger charge is -2.22. The van der Waals surface area contributed by atoms with Gasteiger partial charge in [-0.15, -0.1) is 0 Å². The molecule has 0 radical (unpaired) electrons. The molecule has 0 fully saturated rings. The first-order valence-electron chi connectivity index (χ1n) is 20.8. The molecule has 0 aliphatic carbocycles. The smallest absolute Gasteiger partial charge is 0.305 e. The molecule has 52 heavy (non-hydrogen) atoms. The number of carbonyl (C=O) groups is 4. The Morgan fingerprint density at radius 3 is 1.21 bits per heavy atom. The van der Waals surface area contributed by atoms with Gasteiger partial charge in [-0.25, -0.2) is 0 Å². The van der Waals surface area contributed by atoms with Gasteiger partial charge in [0.15, 0.2) is 0 Å². The van der Waals surface area contributed by atoms with Crippen molar-refractivity contribution in [2.45, 2.75) is 181 Å². The molecule has 0 spiro atoms. The highest BCUT2D eigenvalue weighted by Crippen LogP contribution is 2.11. The Morgan fingerprint density at radius 1 is 0.462 bits per heavy atom. The molecule has 0 aliphatic rings. The molecule has 0 atom stereocenters. The van der Waals surface area contributed by atoms with Crippen molar-refractivity contribution < 1.29 is 33.8 Å². The van der Waals surface area contributed by atoms with E-state index in [1.807, 2.05) is 0 Å². The monoisotopic (exact) mass is 730 g/mol. The molecular formula is C44H75NO7. The van der Waals surface area contributed by atoms with Crippen molar-refractivity contribution in [3.8, 4) is 0 Å². The highest BCUT2D eigenvalue weighted by atomic mass is 16.5. The van der Waals surface area contributed by atoms with Crippen LogP contribution in [0.5, 0.6) is 0 Å². The maximum Gasteiger partial charge on any atom is 0.305 e. The summed E-state index contributed by atoms with van der Waals surface area (Å²) in [5, 5.41) is 8.98. The van der Waals surface area contributed by atoms with E-state index in [4.69, 9.17) is 14.6 Å². The van der Waals surface area contributed by atoms with E-state index in [0.29, 0.717) is 12.8 Å². The second-order valence-corrected chi connectivity index (χ2v) is 13.7. The maximum absolute atomic E-state index is 12.6. The van der Waals surface area contributed by atoms with Gasteiger partial charge in [-0.1, -0.05) is 127 Å². The first-order chi connectivity index (χ1) is 25.4. The van der Waals surface area contributed by atoms with Gasteiger partial charge in [-0.3, -0.25) is 19.2 Å². The molecule has 8 heteroatoms. The van der Waals surface area contributed by atoms with Crippen molar-refractivity contribution in [1.29, 1.82) is 0 Å². The highest BCUT2D eigenvalue weighted by molar-refractivity contribution is 5.80. The van der Waals surface area contributed by atoms with Crippen LogP contribution in [0.2, 0.25) is 0 Å². The molecule has 0 heterocycles. The number of allylic oxidation sites excluding steroid dienone is 8. The lowest BCUT2D eigenvalue weighted by atomic mass is 10.1. The molecule has 0 saturated carbocycles. The van der Waals surface area contributed by atoms with Crippen molar-refractivity contribution in [2.24, 2.45) is 0 Å². The molecule has 0 saturated heterocycles. The number of aliphatic carboxylic acids is 1. The predicted octanol–water partition coefficient (Wildman–Crippen LogP) is 11.4. The Kier molecular flexibility index (Phi) is 36.7. The minimum absolute atomic E-state index is 0.0256. The summed E-state index contributed by atoms with van der Waals surface area (Å²) in [6, 6.07) is 0. The average molecular weight is 730 g/mol. The van der Waals surface area contributed by atoms with Crippen LogP contribution in [-0.4, -0.2) is 60.1 Å². The second-order valence-electron chi connectivity index (χ2n) is 13.7. The number of hydrogen-bond donors (Lipinski definition) is 1. The number of hydrogen-bond acceptors (Lipinski definition) is 6. The standard InChI is InChI=1S/C44H75NO7/c1-3-5-7-9-11-13-15-17-19-21-23-25-27-29-31-33-43(49)51-39-37-45(41(46)35-36-42(47)48)38-40-52-44(50)34-32-30-28-26-24-22-20-18-16-14-12-10-8-6-4-2/h11-14,17-20H,3-10,15-16,21-40H2,1-2H3,(H,47,48)/b13-11-,14-12-,19-17-,20-18-. The summed E-state index contributed by atoms with van der Waals surface area (Å²) in [7, 11) is 0. The van der Waals surface area contributed by atoms with Crippen LogP contribution in [0.1, 0.15) is 181 Å². The van der Waals surface area contributed by atoms with Crippen LogP contribution in [0.3, 0.4) is 0 Å². The van der Waals surface area contributed by atoms with Crippen LogP contribution in [0, 0.1) is 0 Å². The molecule has 0 aliphatic heterocycles. The SMILES string of the molecule is CCCCC/C=C\C/C=C\CCCCCCCC(=O)OCCN(CCOC(=O)CCCCCCC/C=C\C/C=C\CCCCC)C(=O)CCC(=O)O. The van der Waals surface area contributed by atoms with E-state index >= 15 is 0 Å². The lowest BCUT2D eigenvalue weighted by Crippen LogP contribution is -2.37. The average Bonchev–Trinajstić information content (AvgIpc) is 3.13. The minimum atomic E-state index is -1.05. The predicted molar refractivity (Wildman–Crippen MR) is 214 cm³/mol. The Hall–Kier alpha value is -3.16. The summed E-state index contributed by atoms with van der Waals surface area (Å²) < 4.78 is 10.7. The van der Waals surface area contributed by atoms with E-state index in [1.54, 1.807) is 0 Å². The fourth-order valence-electron chi connectivity index (χ4n) is 5.58.